The van der Waals surface area contributed by atoms with Crippen molar-refractivity contribution in [2.75, 3.05) is 0 Å². The fourth-order valence-corrected chi connectivity index (χ4v) is 3.30. The largest absolute Gasteiger partial charge is 0.294 e. The number of allylic oxidation sites excluding steroid dienone is 4. The number of fused-ring (bicyclic) bond motifs is 1. The second-order valence-corrected chi connectivity index (χ2v) is 6.93. The standard InChI is InChI=1S/C15H22O/c1-10-6-14(2,3)7-11-8-15(4,5)9-12(16)13(10)11/h7H,6,8-9H2,1-5H3. The van der Waals surface area contributed by atoms with E-state index in [2.05, 4.69) is 40.7 Å². The van der Waals surface area contributed by atoms with Crippen LogP contribution in [0.1, 0.15) is 53.9 Å². The first-order valence-electron chi connectivity index (χ1n) is 6.15. The van der Waals surface area contributed by atoms with Crippen LogP contribution in [0.5, 0.6) is 0 Å². The Labute approximate surface area is 98.6 Å². The van der Waals surface area contributed by atoms with Crippen molar-refractivity contribution in [2.24, 2.45) is 10.8 Å². The summed E-state index contributed by atoms with van der Waals surface area (Å²) in [6.07, 6.45) is 5.11. The molecule has 2 aliphatic carbocycles. The van der Waals surface area contributed by atoms with Crippen LogP contribution in [0, 0.1) is 10.8 Å². The molecule has 1 heteroatoms. The van der Waals surface area contributed by atoms with Crippen LogP contribution in [0.15, 0.2) is 22.8 Å². The normalized spacial score (nSPS) is 27.6. The SMILES string of the molecule is CC1=C2C(=O)CC(C)(C)CC2=CC(C)(C)C1. The predicted octanol–water partition coefficient (Wildman–Crippen LogP) is 4.05. The molecule has 0 heterocycles. The Morgan fingerprint density at radius 3 is 2.31 bits per heavy atom. The number of carbonyl (C=O) groups excluding carboxylic acids is 1. The van der Waals surface area contributed by atoms with Gasteiger partial charge < -0.3 is 0 Å². The molecule has 0 aromatic carbocycles. The lowest BCUT2D eigenvalue weighted by molar-refractivity contribution is -0.118. The van der Waals surface area contributed by atoms with Crippen molar-refractivity contribution in [1.82, 2.24) is 0 Å². The number of Topliss-reactive ketones (excluding diaryl/α,β-unsaturated/α-hetero) is 1. The zero-order chi connectivity index (χ0) is 12.1. The van der Waals surface area contributed by atoms with Gasteiger partial charge in [-0.1, -0.05) is 39.3 Å². The van der Waals surface area contributed by atoms with Gasteiger partial charge in [0, 0.05) is 12.0 Å². The smallest absolute Gasteiger partial charge is 0.163 e. The molecule has 1 nitrogen and oxygen atoms in total. The highest BCUT2D eigenvalue weighted by atomic mass is 16.1. The highest BCUT2D eigenvalue weighted by Crippen LogP contribution is 2.46. The van der Waals surface area contributed by atoms with Crippen molar-refractivity contribution in [1.29, 1.82) is 0 Å². The van der Waals surface area contributed by atoms with Gasteiger partial charge in [-0.2, -0.15) is 0 Å². The molecule has 0 unspecified atom stereocenters. The van der Waals surface area contributed by atoms with E-state index in [1.165, 1.54) is 11.1 Å². The van der Waals surface area contributed by atoms with Gasteiger partial charge in [-0.25, -0.2) is 0 Å². The Balaban J connectivity index is 2.47. The summed E-state index contributed by atoms with van der Waals surface area (Å²) in [4.78, 5) is 12.2. The molecule has 88 valence electrons. The van der Waals surface area contributed by atoms with Gasteiger partial charge in [-0.05, 0) is 36.2 Å². The monoisotopic (exact) mass is 218 g/mol. The molecule has 0 N–H and O–H groups in total. The summed E-state index contributed by atoms with van der Waals surface area (Å²) in [5.41, 5.74) is 4.01. The van der Waals surface area contributed by atoms with Crippen LogP contribution in [0.3, 0.4) is 0 Å². The molecule has 0 radical (unpaired) electrons. The van der Waals surface area contributed by atoms with E-state index in [1.807, 2.05) is 0 Å². The van der Waals surface area contributed by atoms with Gasteiger partial charge in [0.05, 0.1) is 0 Å². The van der Waals surface area contributed by atoms with E-state index < -0.39 is 0 Å². The second-order valence-electron chi connectivity index (χ2n) is 6.93. The minimum Gasteiger partial charge on any atom is -0.294 e. The zero-order valence-electron chi connectivity index (χ0n) is 11.1. The van der Waals surface area contributed by atoms with Crippen molar-refractivity contribution in [3.63, 3.8) is 0 Å². The summed E-state index contributed by atoms with van der Waals surface area (Å²) < 4.78 is 0. The van der Waals surface area contributed by atoms with Gasteiger partial charge in [0.1, 0.15) is 0 Å². The minimum absolute atomic E-state index is 0.139. The highest BCUT2D eigenvalue weighted by molar-refractivity contribution is 6.02. The Hall–Kier alpha value is -0.850. The van der Waals surface area contributed by atoms with Crippen molar-refractivity contribution in [3.05, 3.63) is 22.8 Å². The third-order valence-electron chi connectivity index (χ3n) is 3.62. The van der Waals surface area contributed by atoms with Crippen LogP contribution in [0.25, 0.3) is 0 Å². The van der Waals surface area contributed by atoms with Crippen molar-refractivity contribution in [3.8, 4) is 0 Å². The second kappa shape index (κ2) is 3.32. The maximum absolute atomic E-state index is 12.2. The van der Waals surface area contributed by atoms with Crippen LogP contribution in [-0.2, 0) is 4.79 Å². The van der Waals surface area contributed by atoms with Gasteiger partial charge in [0.15, 0.2) is 5.78 Å². The molecule has 0 bridgehead atoms. The molecule has 0 aliphatic heterocycles. The lowest BCUT2D eigenvalue weighted by Crippen LogP contribution is -2.30. The number of hydrogen-bond donors (Lipinski definition) is 0. The van der Waals surface area contributed by atoms with E-state index in [4.69, 9.17) is 0 Å². The summed E-state index contributed by atoms with van der Waals surface area (Å²) in [6.45, 7) is 11.0. The predicted molar refractivity (Wildman–Crippen MR) is 67.2 cm³/mol. The first-order valence-corrected chi connectivity index (χ1v) is 6.15. The van der Waals surface area contributed by atoms with Crippen molar-refractivity contribution in [2.45, 2.75) is 53.9 Å². The first-order chi connectivity index (χ1) is 7.20. The van der Waals surface area contributed by atoms with E-state index >= 15 is 0 Å². The molecule has 0 aromatic heterocycles. The van der Waals surface area contributed by atoms with E-state index in [9.17, 15) is 4.79 Å². The lowest BCUT2D eigenvalue weighted by atomic mass is 9.65. The molecule has 0 aromatic rings. The molecule has 0 saturated heterocycles. The van der Waals surface area contributed by atoms with Crippen LogP contribution in [0.4, 0.5) is 0 Å². The van der Waals surface area contributed by atoms with Gasteiger partial charge in [-0.3, -0.25) is 4.79 Å². The molecule has 1 fully saturated rings. The van der Waals surface area contributed by atoms with E-state index in [1.54, 1.807) is 0 Å². The van der Waals surface area contributed by atoms with Gasteiger partial charge in [0.25, 0.3) is 0 Å². The minimum atomic E-state index is 0.139. The quantitative estimate of drug-likeness (QED) is 0.599. The summed E-state index contributed by atoms with van der Waals surface area (Å²) in [5, 5.41) is 0. The maximum Gasteiger partial charge on any atom is 0.163 e. The molecule has 0 spiro atoms. The highest BCUT2D eigenvalue weighted by Gasteiger charge is 2.37. The number of hydrogen-bond acceptors (Lipinski definition) is 1. The average Bonchev–Trinajstić information content (AvgIpc) is 1.94. The maximum atomic E-state index is 12.2. The molecule has 2 rings (SSSR count). The molecule has 2 aliphatic rings. The molecular weight excluding hydrogens is 196 g/mol. The zero-order valence-corrected chi connectivity index (χ0v) is 11.1. The lowest BCUT2D eigenvalue weighted by Gasteiger charge is -2.38. The first kappa shape index (κ1) is 11.6. The summed E-state index contributed by atoms with van der Waals surface area (Å²) in [6, 6.07) is 0. The fourth-order valence-electron chi connectivity index (χ4n) is 3.30. The Bertz CT molecular complexity index is 405. The Morgan fingerprint density at radius 1 is 1.06 bits per heavy atom. The van der Waals surface area contributed by atoms with Gasteiger partial charge >= 0.3 is 0 Å². The van der Waals surface area contributed by atoms with Crippen LogP contribution >= 0.6 is 0 Å². The average molecular weight is 218 g/mol. The molecular formula is C15H22O. The summed E-state index contributed by atoms with van der Waals surface area (Å²) >= 11 is 0. The molecule has 0 atom stereocenters. The number of ketones is 1. The molecule has 1 saturated carbocycles. The van der Waals surface area contributed by atoms with E-state index in [-0.39, 0.29) is 10.8 Å². The fraction of sp³-hybridized carbons (Fsp3) is 0.667. The molecule has 0 amide bonds. The van der Waals surface area contributed by atoms with Crippen molar-refractivity contribution >= 4 is 5.78 Å². The van der Waals surface area contributed by atoms with Gasteiger partial charge in [0.2, 0.25) is 0 Å². The summed E-state index contributed by atoms with van der Waals surface area (Å²) in [7, 11) is 0. The van der Waals surface area contributed by atoms with E-state index in [0.717, 1.165) is 18.4 Å². The third-order valence-corrected chi connectivity index (χ3v) is 3.62. The van der Waals surface area contributed by atoms with Crippen molar-refractivity contribution < 1.29 is 4.79 Å². The van der Waals surface area contributed by atoms with E-state index in [0.29, 0.717) is 12.2 Å². The molecule has 16 heavy (non-hydrogen) atoms. The Morgan fingerprint density at radius 2 is 1.69 bits per heavy atom. The topological polar surface area (TPSA) is 17.1 Å². The van der Waals surface area contributed by atoms with Crippen LogP contribution in [-0.4, -0.2) is 5.78 Å². The van der Waals surface area contributed by atoms with Crippen LogP contribution < -0.4 is 0 Å². The third kappa shape index (κ3) is 2.00. The Kier molecular flexibility index (Phi) is 2.41. The number of rotatable bonds is 0. The van der Waals surface area contributed by atoms with Crippen LogP contribution in [0.2, 0.25) is 0 Å². The number of carbonyl (C=O) groups is 1. The summed E-state index contributed by atoms with van der Waals surface area (Å²) in [5.74, 6) is 0.357. The van der Waals surface area contributed by atoms with Gasteiger partial charge in [-0.15, -0.1) is 0 Å².